The van der Waals surface area contributed by atoms with E-state index in [1.807, 2.05) is 51.4 Å². The van der Waals surface area contributed by atoms with E-state index in [1.54, 1.807) is 22.2 Å². The Hall–Kier alpha value is -1.96. The SMILES string of the molecule is Cc1c(C(=O)NCC(c2cccs2)N(C)C)cnn1-c1ccc(Br)cc1. The number of halogens is 1. The van der Waals surface area contributed by atoms with Gasteiger partial charge in [0.1, 0.15) is 0 Å². The van der Waals surface area contributed by atoms with Crippen LogP contribution in [0.4, 0.5) is 0 Å². The van der Waals surface area contributed by atoms with Crippen molar-refractivity contribution in [2.45, 2.75) is 13.0 Å². The summed E-state index contributed by atoms with van der Waals surface area (Å²) in [6.45, 7) is 2.46. The molecular formula is C19H21BrN4OS. The average Bonchev–Trinajstić information content (AvgIpc) is 3.25. The second-order valence-corrected chi connectivity index (χ2v) is 8.13. The summed E-state index contributed by atoms with van der Waals surface area (Å²) in [6, 6.07) is 12.1. The summed E-state index contributed by atoms with van der Waals surface area (Å²) in [5, 5.41) is 9.49. The largest absolute Gasteiger partial charge is 0.350 e. The molecule has 0 bridgehead atoms. The van der Waals surface area contributed by atoms with Crippen molar-refractivity contribution in [1.82, 2.24) is 20.0 Å². The summed E-state index contributed by atoms with van der Waals surface area (Å²) in [6.07, 6.45) is 1.63. The molecule has 0 aliphatic rings. The van der Waals surface area contributed by atoms with Crippen molar-refractivity contribution in [1.29, 1.82) is 0 Å². The lowest BCUT2D eigenvalue weighted by molar-refractivity contribution is 0.0941. The van der Waals surface area contributed by atoms with E-state index in [2.05, 4.69) is 42.7 Å². The fourth-order valence-corrected chi connectivity index (χ4v) is 3.97. The normalized spacial score (nSPS) is 12.3. The van der Waals surface area contributed by atoms with Gasteiger partial charge in [-0.1, -0.05) is 22.0 Å². The van der Waals surface area contributed by atoms with E-state index < -0.39 is 0 Å². The van der Waals surface area contributed by atoms with Gasteiger partial charge >= 0.3 is 0 Å². The third-order valence-electron chi connectivity index (χ3n) is 4.28. The first-order valence-electron chi connectivity index (χ1n) is 8.26. The lowest BCUT2D eigenvalue weighted by atomic mass is 10.2. The maximum Gasteiger partial charge on any atom is 0.254 e. The van der Waals surface area contributed by atoms with Crippen molar-refractivity contribution >= 4 is 33.2 Å². The molecule has 7 heteroatoms. The lowest BCUT2D eigenvalue weighted by Crippen LogP contribution is -2.34. The standard InChI is InChI=1S/C19H21BrN4OS/c1-13-16(11-22-24(13)15-8-6-14(20)7-9-15)19(25)21-12-17(23(2)3)18-5-4-10-26-18/h4-11,17H,12H2,1-3H3,(H,21,25). The fraction of sp³-hybridized carbons (Fsp3) is 0.263. The summed E-state index contributed by atoms with van der Waals surface area (Å²) >= 11 is 5.13. The van der Waals surface area contributed by atoms with Crippen LogP contribution in [0.5, 0.6) is 0 Å². The fourth-order valence-electron chi connectivity index (χ4n) is 2.78. The molecule has 0 fully saturated rings. The maximum absolute atomic E-state index is 12.7. The van der Waals surface area contributed by atoms with E-state index in [9.17, 15) is 4.79 Å². The van der Waals surface area contributed by atoms with Crippen LogP contribution in [0, 0.1) is 6.92 Å². The predicted octanol–water partition coefficient (Wildman–Crippen LogP) is 4.04. The van der Waals surface area contributed by atoms with E-state index in [-0.39, 0.29) is 11.9 Å². The second-order valence-electron chi connectivity index (χ2n) is 6.24. The van der Waals surface area contributed by atoms with Crippen LogP contribution in [0.3, 0.4) is 0 Å². The first-order valence-corrected chi connectivity index (χ1v) is 9.93. The molecule has 3 aromatic rings. The minimum absolute atomic E-state index is 0.103. The first-order chi connectivity index (χ1) is 12.5. The molecule has 1 atom stereocenters. The van der Waals surface area contributed by atoms with Crippen LogP contribution in [-0.4, -0.2) is 41.2 Å². The summed E-state index contributed by atoms with van der Waals surface area (Å²) in [5.74, 6) is -0.103. The van der Waals surface area contributed by atoms with Crippen LogP contribution >= 0.6 is 27.3 Å². The number of hydrogen-bond donors (Lipinski definition) is 1. The van der Waals surface area contributed by atoms with Crippen LogP contribution in [0.25, 0.3) is 5.69 Å². The molecule has 2 heterocycles. The number of likely N-dealkylation sites (N-methyl/N-ethyl adjacent to an activating group) is 1. The predicted molar refractivity (Wildman–Crippen MR) is 109 cm³/mol. The molecule has 0 spiro atoms. The monoisotopic (exact) mass is 432 g/mol. The number of thiophene rings is 1. The van der Waals surface area contributed by atoms with Gasteiger partial charge in [0.2, 0.25) is 0 Å². The zero-order chi connectivity index (χ0) is 18.7. The minimum Gasteiger partial charge on any atom is -0.350 e. The van der Waals surface area contributed by atoms with Gasteiger partial charge in [0, 0.05) is 15.9 Å². The summed E-state index contributed by atoms with van der Waals surface area (Å²) in [7, 11) is 4.04. The lowest BCUT2D eigenvalue weighted by Gasteiger charge is -2.23. The number of rotatable bonds is 6. The Morgan fingerprint density at radius 3 is 2.65 bits per heavy atom. The van der Waals surface area contributed by atoms with E-state index in [0.29, 0.717) is 12.1 Å². The highest BCUT2D eigenvalue weighted by Crippen LogP contribution is 2.23. The molecule has 0 saturated carbocycles. The van der Waals surface area contributed by atoms with E-state index in [4.69, 9.17) is 0 Å². The molecule has 0 aliphatic heterocycles. The Morgan fingerprint density at radius 1 is 1.31 bits per heavy atom. The van der Waals surface area contributed by atoms with Gasteiger partial charge < -0.3 is 10.2 Å². The van der Waals surface area contributed by atoms with E-state index in [1.165, 1.54) is 4.88 Å². The molecule has 1 N–H and O–H groups in total. The Balaban J connectivity index is 1.73. The number of carbonyl (C=O) groups is 1. The molecule has 1 unspecified atom stereocenters. The molecule has 2 aromatic heterocycles. The molecular weight excluding hydrogens is 412 g/mol. The van der Waals surface area contributed by atoms with Gasteiger partial charge in [-0.3, -0.25) is 4.79 Å². The molecule has 1 aromatic carbocycles. The third kappa shape index (κ3) is 4.06. The summed E-state index contributed by atoms with van der Waals surface area (Å²) in [5.41, 5.74) is 2.34. The van der Waals surface area contributed by atoms with Crippen LogP contribution in [0.1, 0.15) is 27.0 Å². The molecule has 26 heavy (non-hydrogen) atoms. The van der Waals surface area contributed by atoms with Gasteiger partial charge in [-0.2, -0.15) is 5.10 Å². The smallest absolute Gasteiger partial charge is 0.254 e. The molecule has 1 amide bonds. The van der Waals surface area contributed by atoms with Crippen LogP contribution in [0.15, 0.2) is 52.4 Å². The molecule has 0 aliphatic carbocycles. The Bertz CT molecular complexity index is 872. The van der Waals surface area contributed by atoms with Crippen molar-refractivity contribution in [2.75, 3.05) is 20.6 Å². The number of carbonyl (C=O) groups excluding carboxylic acids is 1. The summed E-state index contributed by atoms with van der Waals surface area (Å²) in [4.78, 5) is 16.0. The molecule has 0 radical (unpaired) electrons. The van der Waals surface area contributed by atoms with Crippen molar-refractivity contribution < 1.29 is 4.79 Å². The third-order valence-corrected chi connectivity index (χ3v) is 5.78. The van der Waals surface area contributed by atoms with Gasteiger partial charge in [0.15, 0.2) is 0 Å². The van der Waals surface area contributed by atoms with Crippen molar-refractivity contribution in [3.05, 3.63) is 68.6 Å². The van der Waals surface area contributed by atoms with Crippen molar-refractivity contribution in [3.63, 3.8) is 0 Å². The number of benzene rings is 1. The minimum atomic E-state index is -0.103. The van der Waals surface area contributed by atoms with E-state index in [0.717, 1.165) is 15.9 Å². The number of nitrogens with zero attached hydrogens (tertiary/aromatic N) is 3. The Labute approximate surface area is 165 Å². The molecule has 3 rings (SSSR count). The van der Waals surface area contributed by atoms with Crippen molar-refractivity contribution in [3.8, 4) is 5.69 Å². The summed E-state index contributed by atoms with van der Waals surface area (Å²) < 4.78 is 2.79. The zero-order valence-corrected chi connectivity index (χ0v) is 17.3. The molecule has 136 valence electrons. The second kappa shape index (κ2) is 8.16. The maximum atomic E-state index is 12.7. The Morgan fingerprint density at radius 2 is 2.04 bits per heavy atom. The van der Waals surface area contributed by atoms with Gasteiger partial charge in [-0.15, -0.1) is 11.3 Å². The van der Waals surface area contributed by atoms with Gasteiger partial charge in [-0.25, -0.2) is 4.68 Å². The van der Waals surface area contributed by atoms with Gasteiger partial charge in [-0.05, 0) is 56.7 Å². The molecule has 0 saturated heterocycles. The average molecular weight is 433 g/mol. The van der Waals surface area contributed by atoms with Gasteiger partial charge in [0.05, 0.1) is 29.2 Å². The topological polar surface area (TPSA) is 50.2 Å². The van der Waals surface area contributed by atoms with Gasteiger partial charge in [0.25, 0.3) is 5.91 Å². The number of hydrogen-bond acceptors (Lipinski definition) is 4. The first kappa shape index (κ1) is 18.8. The highest BCUT2D eigenvalue weighted by molar-refractivity contribution is 9.10. The highest BCUT2D eigenvalue weighted by Gasteiger charge is 2.19. The zero-order valence-electron chi connectivity index (χ0n) is 14.9. The number of nitrogens with one attached hydrogen (secondary N) is 1. The van der Waals surface area contributed by atoms with Crippen LogP contribution in [-0.2, 0) is 0 Å². The Kier molecular flexibility index (Phi) is 5.90. The van der Waals surface area contributed by atoms with Crippen molar-refractivity contribution in [2.24, 2.45) is 0 Å². The number of aromatic nitrogens is 2. The van der Waals surface area contributed by atoms with Crippen LogP contribution < -0.4 is 5.32 Å². The van der Waals surface area contributed by atoms with E-state index >= 15 is 0 Å². The molecule has 5 nitrogen and oxygen atoms in total. The number of amides is 1. The highest BCUT2D eigenvalue weighted by atomic mass is 79.9. The van der Waals surface area contributed by atoms with Crippen LogP contribution in [0.2, 0.25) is 0 Å². The quantitative estimate of drug-likeness (QED) is 0.639.